The maximum atomic E-state index is 11.8. The van der Waals surface area contributed by atoms with Crippen LogP contribution in [0.3, 0.4) is 0 Å². The first kappa shape index (κ1) is 14.6. The topological polar surface area (TPSA) is 67.8 Å². The number of benzene rings is 1. The van der Waals surface area contributed by atoms with Crippen LogP contribution in [0.5, 0.6) is 11.5 Å². The van der Waals surface area contributed by atoms with Gasteiger partial charge in [-0.2, -0.15) is 0 Å². The molecular formula is C12H16ClNO4. The van der Waals surface area contributed by atoms with E-state index in [-0.39, 0.29) is 23.2 Å². The number of alkyl halides is 1. The van der Waals surface area contributed by atoms with E-state index in [0.717, 1.165) is 0 Å². The standard InChI is InChI=1S/C12H16ClNO4/c1-17-7-8(13)6-14-12(16)10-4-3-9(18-2)5-11(10)15/h3-5,8,15H,6-7H2,1-2H3,(H,14,16). The summed E-state index contributed by atoms with van der Waals surface area (Å²) < 4.78 is 9.78. The van der Waals surface area contributed by atoms with Crippen LogP contribution >= 0.6 is 11.6 Å². The van der Waals surface area contributed by atoms with Gasteiger partial charge in [0, 0.05) is 19.7 Å². The minimum Gasteiger partial charge on any atom is -0.507 e. The second-order valence-electron chi connectivity index (χ2n) is 3.65. The van der Waals surface area contributed by atoms with Crippen molar-refractivity contribution < 1.29 is 19.4 Å². The molecule has 2 N–H and O–H groups in total. The predicted octanol–water partition coefficient (Wildman–Crippen LogP) is 1.38. The van der Waals surface area contributed by atoms with Crippen molar-refractivity contribution in [2.45, 2.75) is 5.38 Å². The lowest BCUT2D eigenvalue weighted by atomic mass is 10.2. The molecule has 0 fully saturated rings. The molecule has 0 spiro atoms. The number of rotatable bonds is 6. The summed E-state index contributed by atoms with van der Waals surface area (Å²) in [6.45, 7) is 0.607. The molecule has 0 radical (unpaired) electrons. The van der Waals surface area contributed by atoms with Crippen molar-refractivity contribution in [3.8, 4) is 11.5 Å². The van der Waals surface area contributed by atoms with Gasteiger partial charge in [-0.15, -0.1) is 11.6 Å². The van der Waals surface area contributed by atoms with Gasteiger partial charge in [-0.05, 0) is 12.1 Å². The molecule has 0 bridgehead atoms. The highest BCUT2D eigenvalue weighted by Gasteiger charge is 2.13. The molecule has 0 heterocycles. The molecule has 0 saturated heterocycles. The number of phenols is 1. The molecule has 6 heteroatoms. The number of methoxy groups -OCH3 is 2. The molecular weight excluding hydrogens is 258 g/mol. The van der Waals surface area contributed by atoms with Gasteiger partial charge in [0.15, 0.2) is 0 Å². The number of halogens is 1. The van der Waals surface area contributed by atoms with E-state index in [1.165, 1.54) is 26.4 Å². The van der Waals surface area contributed by atoms with E-state index >= 15 is 0 Å². The normalized spacial score (nSPS) is 11.9. The summed E-state index contributed by atoms with van der Waals surface area (Å²) in [5, 5.41) is 12.0. The van der Waals surface area contributed by atoms with E-state index in [9.17, 15) is 9.90 Å². The Morgan fingerprint density at radius 2 is 2.22 bits per heavy atom. The summed E-state index contributed by atoms with van der Waals surface area (Å²) >= 11 is 5.88. The third-order valence-electron chi connectivity index (χ3n) is 2.28. The van der Waals surface area contributed by atoms with E-state index < -0.39 is 5.91 Å². The van der Waals surface area contributed by atoms with Crippen LogP contribution in [0.25, 0.3) is 0 Å². The minimum absolute atomic E-state index is 0.135. The number of nitrogens with one attached hydrogen (secondary N) is 1. The molecule has 18 heavy (non-hydrogen) atoms. The number of hydrogen-bond acceptors (Lipinski definition) is 4. The Hall–Kier alpha value is -1.46. The largest absolute Gasteiger partial charge is 0.507 e. The van der Waals surface area contributed by atoms with E-state index in [0.29, 0.717) is 12.4 Å². The fraction of sp³-hybridized carbons (Fsp3) is 0.417. The van der Waals surface area contributed by atoms with Gasteiger partial charge in [0.05, 0.1) is 24.7 Å². The third kappa shape index (κ3) is 4.09. The maximum Gasteiger partial charge on any atom is 0.255 e. The van der Waals surface area contributed by atoms with E-state index in [1.54, 1.807) is 6.07 Å². The van der Waals surface area contributed by atoms with Crippen LogP contribution < -0.4 is 10.1 Å². The summed E-state index contributed by atoms with van der Waals surface area (Å²) in [5.41, 5.74) is 0.178. The van der Waals surface area contributed by atoms with E-state index in [4.69, 9.17) is 21.1 Å². The molecule has 1 aromatic rings. The molecule has 1 aromatic carbocycles. The van der Waals surface area contributed by atoms with Crippen molar-refractivity contribution in [2.24, 2.45) is 0 Å². The van der Waals surface area contributed by atoms with Gasteiger partial charge in [0.1, 0.15) is 11.5 Å². The average Bonchev–Trinajstić information content (AvgIpc) is 2.36. The Bertz CT molecular complexity index is 411. The molecule has 1 amide bonds. The number of hydrogen-bond donors (Lipinski definition) is 2. The number of phenolic OH excluding ortho intramolecular Hbond substituents is 1. The second kappa shape index (κ2) is 7.08. The van der Waals surface area contributed by atoms with Crippen LogP contribution in [0.1, 0.15) is 10.4 Å². The molecule has 5 nitrogen and oxygen atoms in total. The fourth-order valence-electron chi connectivity index (χ4n) is 1.37. The van der Waals surface area contributed by atoms with Crippen molar-refractivity contribution in [1.29, 1.82) is 0 Å². The Labute approximate surface area is 111 Å². The molecule has 0 aliphatic heterocycles. The zero-order valence-electron chi connectivity index (χ0n) is 10.3. The summed E-state index contributed by atoms with van der Waals surface area (Å²) in [7, 11) is 3.02. The quantitative estimate of drug-likeness (QED) is 0.769. The van der Waals surface area contributed by atoms with Gasteiger partial charge < -0.3 is 19.9 Å². The Morgan fingerprint density at radius 3 is 2.78 bits per heavy atom. The highest BCUT2D eigenvalue weighted by Crippen LogP contribution is 2.23. The number of amides is 1. The molecule has 1 rings (SSSR count). The number of ether oxygens (including phenoxy) is 2. The van der Waals surface area contributed by atoms with Crippen molar-refractivity contribution in [2.75, 3.05) is 27.4 Å². The van der Waals surface area contributed by atoms with Crippen molar-refractivity contribution in [1.82, 2.24) is 5.32 Å². The van der Waals surface area contributed by atoms with Crippen LogP contribution in [-0.4, -0.2) is 43.8 Å². The summed E-state index contributed by atoms with van der Waals surface area (Å²) in [6.07, 6.45) is 0. The van der Waals surface area contributed by atoms with Gasteiger partial charge in [-0.1, -0.05) is 0 Å². The van der Waals surface area contributed by atoms with Crippen LogP contribution in [0, 0.1) is 0 Å². The van der Waals surface area contributed by atoms with Gasteiger partial charge in [0.2, 0.25) is 0 Å². The van der Waals surface area contributed by atoms with E-state index in [2.05, 4.69) is 5.32 Å². The Morgan fingerprint density at radius 1 is 1.50 bits per heavy atom. The van der Waals surface area contributed by atoms with Gasteiger partial charge >= 0.3 is 0 Å². The number of carbonyl (C=O) groups excluding carboxylic acids is 1. The molecule has 1 atom stereocenters. The molecule has 1 unspecified atom stereocenters. The van der Waals surface area contributed by atoms with Gasteiger partial charge in [-0.3, -0.25) is 4.79 Å². The number of aromatic hydroxyl groups is 1. The van der Waals surface area contributed by atoms with Gasteiger partial charge in [-0.25, -0.2) is 0 Å². The number of carbonyl (C=O) groups is 1. The second-order valence-corrected chi connectivity index (χ2v) is 4.26. The molecule has 0 aliphatic rings. The van der Waals surface area contributed by atoms with Crippen LogP contribution in [0.4, 0.5) is 0 Å². The average molecular weight is 274 g/mol. The maximum absolute atomic E-state index is 11.8. The Kier molecular flexibility index (Phi) is 5.74. The Balaban J connectivity index is 2.61. The van der Waals surface area contributed by atoms with E-state index in [1.807, 2.05) is 0 Å². The first-order valence-electron chi connectivity index (χ1n) is 5.36. The van der Waals surface area contributed by atoms with Crippen LogP contribution in [0.15, 0.2) is 18.2 Å². The van der Waals surface area contributed by atoms with Crippen molar-refractivity contribution >= 4 is 17.5 Å². The zero-order valence-corrected chi connectivity index (χ0v) is 11.0. The lowest BCUT2D eigenvalue weighted by molar-refractivity contribution is 0.0946. The molecule has 100 valence electrons. The van der Waals surface area contributed by atoms with Crippen molar-refractivity contribution in [3.63, 3.8) is 0 Å². The zero-order chi connectivity index (χ0) is 13.5. The first-order chi connectivity index (χ1) is 8.58. The molecule has 0 aliphatic carbocycles. The SMILES string of the molecule is COCC(Cl)CNC(=O)c1ccc(OC)cc1O. The summed E-state index contributed by atoms with van der Waals surface area (Å²) in [5.74, 6) is -0.0414. The monoisotopic (exact) mass is 273 g/mol. The smallest absolute Gasteiger partial charge is 0.255 e. The predicted molar refractivity (Wildman–Crippen MR) is 68.5 cm³/mol. The van der Waals surface area contributed by atoms with Gasteiger partial charge in [0.25, 0.3) is 5.91 Å². The lowest BCUT2D eigenvalue weighted by Gasteiger charge is -2.11. The fourth-order valence-corrected chi connectivity index (χ4v) is 1.57. The first-order valence-corrected chi connectivity index (χ1v) is 5.80. The highest BCUT2D eigenvalue weighted by atomic mass is 35.5. The summed E-state index contributed by atoms with van der Waals surface area (Å²) in [4.78, 5) is 11.8. The third-order valence-corrected chi connectivity index (χ3v) is 2.56. The van der Waals surface area contributed by atoms with Crippen LogP contribution in [0.2, 0.25) is 0 Å². The lowest BCUT2D eigenvalue weighted by Crippen LogP contribution is -2.31. The molecule has 0 aromatic heterocycles. The molecule has 0 saturated carbocycles. The van der Waals surface area contributed by atoms with Crippen LogP contribution in [-0.2, 0) is 4.74 Å². The van der Waals surface area contributed by atoms with Crippen molar-refractivity contribution in [3.05, 3.63) is 23.8 Å². The highest BCUT2D eigenvalue weighted by molar-refractivity contribution is 6.21. The summed E-state index contributed by atoms with van der Waals surface area (Å²) in [6, 6.07) is 4.47. The minimum atomic E-state index is -0.392.